The number of rotatable bonds is 2. The van der Waals surface area contributed by atoms with Crippen LogP contribution < -0.4 is 5.48 Å². The summed E-state index contributed by atoms with van der Waals surface area (Å²) in [7, 11) is 0. The minimum Gasteiger partial charge on any atom is -0.289 e. The molecule has 0 spiro atoms. The maximum Gasteiger partial charge on any atom is 0.243 e. The van der Waals surface area contributed by atoms with Crippen molar-refractivity contribution in [3.63, 3.8) is 0 Å². The average molecular weight is 213 g/mol. The maximum absolute atomic E-state index is 9.82. The van der Waals surface area contributed by atoms with Crippen LogP contribution in [0.5, 0.6) is 0 Å². The van der Waals surface area contributed by atoms with Crippen LogP contribution in [0, 0.1) is 0 Å². The van der Waals surface area contributed by atoms with Crippen LogP contribution in [-0.2, 0) is 10.5 Å². The summed E-state index contributed by atoms with van der Waals surface area (Å²) in [4.78, 5) is 9.82. The van der Waals surface area contributed by atoms with Gasteiger partial charge in [0.2, 0.25) is 5.91 Å². The van der Waals surface area contributed by atoms with Gasteiger partial charge in [-0.2, -0.15) is 12.6 Å². The highest BCUT2D eigenvalue weighted by atomic mass is 32.1. The zero-order valence-electron chi connectivity index (χ0n) is 8.10. The van der Waals surface area contributed by atoms with Gasteiger partial charge in [-0.1, -0.05) is 37.3 Å². The molecule has 3 nitrogen and oxygen atoms in total. The van der Waals surface area contributed by atoms with Crippen molar-refractivity contribution in [3.8, 4) is 0 Å². The van der Waals surface area contributed by atoms with Crippen LogP contribution in [0.1, 0.15) is 18.9 Å². The third-order valence-electron chi connectivity index (χ3n) is 1.47. The minimum absolute atomic E-state index is 0.330. The molecule has 0 heterocycles. The number of carbonyl (C=O) groups is 1. The molecule has 2 N–H and O–H groups in total. The molecular formula is C10H15NO2S. The summed E-state index contributed by atoms with van der Waals surface area (Å²) in [6.07, 6.45) is 0.330. The molecular weight excluding hydrogens is 198 g/mol. The molecule has 0 fully saturated rings. The summed E-state index contributed by atoms with van der Waals surface area (Å²) in [5.74, 6) is 0.482. The quantitative estimate of drug-likeness (QED) is 0.400. The lowest BCUT2D eigenvalue weighted by Crippen LogP contribution is -2.16. The van der Waals surface area contributed by atoms with Crippen molar-refractivity contribution in [3.05, 3.63) is 35.9 Å². The smallest absolute Gasteiger partial charge is 0.243 e. The second-order valence-corrected chi connectivity index (χ2v) is 2.85. The van der Waals surface area contributed by atoms with Crippen LogP contribution in [0.15, 0.2) is 30.3 Å². The van der Waals surface area contributed by atoms with E-state index in [1.807, 2.05) is 18.2 Å². The Balaban J connectivity index is 0.000000255. The molecule has 0 aromatic heterocycles. The first-order valence-corrected chi connectivity index (χ1v) is 4.95. The van der Waals surface area contributed by atoms with Gasteiger partial charge in [0.1, 0.15) is 0 Å². The van der Waals surface area contributed by atoms with Crippen LogP contribution >= 0.6 is 12.6 Å². The van der Waals surface area contributed by atoms with Crippen molar-refractivity contribution in [2.45, 2.75) is 19.1 Å². The zero-order valence-corrected chi connectivity index (χ0v) is 9.00. The maximum atomic E-state index is 9.82. The van der Waals surface area contributed by atoms with Crippen LogP contribution in [0.4, 0.5) is 0 Å². The first kappa shape index (κ1) is 13.0. The summed E-state index contributed by atoms with van der Waals surface area (Å²) < 4.78 is 0. The molecule has 1 rings (SSSR count). The van der Waals surface area contributed by atoms with Gasteiger partial charge in [-0.3, -0.25) is 10.0 Å². The first-order valence-electron chi connectivity index (χ1n) is 4.32. The molecule has 78 valence electrons. The number of thiol groups is 1. The predicted molar refractivity (Wildman–Crippen MR) is 59.4 cm³/mol. The van der Waals surface area contributed by atoms with Crippen LogP contribution in [0.2, 0.25) is 0 Å². The molecule has 0 aliphatic carbocycles. The third-order valence-corrected chi connectivity index (χ3v) is 1.84. The fraction of sp³-hybridized carbons (Fsp3) is 0.300. The topological polar surface area (TPSA) is 49.3 Å². The standard InChI is InChI=1S/C7H8S.C3H7NO2/c8-6-7-4-2-1-3-5-7;1-2-3(5)4-6/h1-5,8H,6H2;6H,2H2,1H3,(H,4,5). The van der Waals surface area contributed by atoms with E-state index < -0.39 is 0 Å². The van der Waals surface area contributed by atoms with E-state index >= 15 is 0 Å². The molecule has 1 aromatic carbocycles. The first-order chi connectivity index (χ1) is 6.74. The number of hydrogen-bond acceptors (Lipinski definition) is 3. The Hall–Kier alpha value is -1.00. The summed E-state index contributed by atoms with van der Waals surface area (Å²) >= 11 is 4.11. The summed E-state index contributed by atoms with van der Waals surface area (Å²) in [5, 5.41) is 7.74. The molecule has 0 saturated heterocycles. The Morgan fingerprint density at radius 1 is 1.43 bits per heavy atom. The van der Waals surface area contributed by atoms with Crippen molar-refractivity contribution < 1.29 is 10.0 Å². The van der Waals surface area contributed by atoms with Crippen molar-refractivity contribution >= 4 is 18.5 Å². The summed E-state index contributed by atoms with van der Waals surface area (Å²) in [6, 6.07) is 10.2. The summed E-state index contributed by atoms with van der Waals surface area (Å²) in [6.45, 7) is 1.66. The van der Waals surface area contributed by atoms with Crippen molar-refractivity contribution in [2.75, 3.05) is 0 Å². The second-order valence-electron chi connectivity index (χ2n) is 2.53. The molecule has 14 heavy (non-hydrogen) atoms. The highest BCUT2D eigenvalue weighted by Gasteiger charge is 1.86. The number of hydrogen-bond donors (Lipinski definition) is 3. The number of carbonyl (C=O) groups excluding carboxylic acids is 1. The van der Waals surface area contributed by atoms with E-state index in [9.17, 15) is 4.79 Å². The molecule has 0 saturated carbocycles. The fourth-order valence-electron chi connectivity index (χ4n) is 0.662. The van der Waals surface area contributed by atoms with E-state index in [0.717, 1.165) is 5.75 Å². The number of amides is 1. The van der Waals surface area contributed by atoms with Gasteiger partial charge in [0.05, 0.1) is 0 Å². The minimum atomic E-state index is -0.352. The van der Waals surface area contributed by atoms with Gasteiger partial charge in [-0.15, -0.1) is 0 Å². The number of benzene rings is 1. The van der Waals surface area contributed by atoms with Crippen molar-refractivity contribution in [2.24, 2.45) is 0 Å². The van der Waals surface area contributed by atoms with Crippen LogP contribution in [0.25, 0.3) is 0 Å². The van der Waals surface area contributed by atoms with Gasteiger partial charge < -0.3 is 0 Å². The van der Waals surface area contributed by atoms with Crippen LogP contribution in [-0.4, -0.2) is 11.1 Å². The molecule has 0 aliphatic heterocycles. The number of nitrogens with one attached hydrogen (secondary N) is 1. The molecule has 4 heteroatoms. The van der Waals surface area contributed by atoms with Gasteiger partial charge >= 0.3 is 0 Å². The normalized spacial score (nSPS) is 8.50. The molecule has 0 radical (unpaired) electrons. The molecule has 1 amide bonds. The highest BCUT2D eigenvalue weighted by Crippen LogP contribution is 2.00. The second kappa shape index (κ2) is 8.59. The van der Waals surface area contributed by atoms with E-state index in [4.69, 9.17) is 5.21 Å². The third kappa shape index (κ3) is 6.51. The van der Waals surface area contributed by atoms with Gasteiger partial charge in [-0.05, 0) is 5.56 Å². The lowest BCUT2D eigenvalue weighted by atomic mass is 10.2. The Morgan fingerprint density at radius 3 is 2.21 bits per heavy atom. The largest absolute Gasteiger partial charge is 0.289 e. The lowest BCUT2D eigenvalue weighted by Gasteiger charge is -1.89. The van der Waals surface area contributed by atoms with E-state index in [2.05, 4.69) is 24.8 Å². The van der Waals surface area contributed by atoms with Gasteiger partial charge in [0.15, 0.2) is 0 Å². The lowest BCUT2D eigenvalue weighted by molar-refractivity contribution is -0.128. The van der Waals surface area contributed by atoms with Crippen molar-refractivity contribution in [1.82, 2.24) is 5.48 Å². The van der Waals surface area contributed by atoms with E-state index in [-0.39, 0.29) is 5.91 Å². The number of hydroxylamine groups is 1. The molecule has 1 aromatic rings. The monoisotopic (exact) mass is 213 g/mol. The van der Waals surface area contributed by atoms with E-state index in [0.29, 0.717) is 6.42 Å². The van der Waals surface area contributed by atoms with E-state index in [1.54, 1.807) is 6.92 Å². The van der Waals surface area contributed by atoms with E-state index in [1.165, 1.54) is 11.0 Å². The zero-order chi connectivity index (χ0) is 10.8. The predicted octanol–water partition coefficient (Wildman–Crippen LogP) is 2.02. The average Bonchev–Trinajstić information content (AvgIpc) is 2.30. The van der Waals surface area contributed by atoms with Gasteiger partial charge in [0, 0.05) is 12.2 Å². The molecule has 0 aliphatic rings. The molecule has 0 bridgehead atoms. The fourth-order valence-corrected chi connectivity index (χ4v) is 0.873. The highest BCUT2D eigenvalue weighted by molar-refractivity contribution is 7.79. The SMILES string of the molecule is CCC(=O)NO.SCc1ccccc1. The molecule has 0 unspecified atom stereocenters. The Labute approximate surface area is 89.5 Å². The molecule has 0 atom stereocenters. The Morgan fingerprint density at radius 2 is 2.00 bits per heavy atom. The van der Waals surface area contributed by atoms with Gasteiger partial charge in [-0.25, -0.2) is 5.48 Å². The summed E-state index contributed by atoms with van der Waals surface area (Å²) in [5.41, 5.74) is 2.75. The van der Waals surface area contributed by atoms with Gasteiger partial charge in [0.25, 0.3) is 0 Å². The Kier molecular flexibility index (Phi) is 7.98. The van der Waals surface area contributed by atoms with Crippen LogP contribution in [0.3, 0.4) is 0 Å². The Bertz CT molecular complexity index is 246. The van der Waals surface area contributed by atoms with Crippen molar-refractivity contribution in [1.29, 1.82) is 0 Å².